The fourth-order valence-corrected chi connectivity index (χ4v) is 3.03. The van der Waals surface area contributed by atoms with Gasteiger partial charge in [0.25, 0.3) is 0 Å². The SMILES string of the molecule is CC=CCC.CCC(=O)NCc1ccc(C)cc1.CCNC(=O)CC.CCNCC.CCOCC(O)CC.CCc1ccc(C)cc1. The van der Waals surface area contributed by atoms with Crippen LogP contribution in [-0.4, -0.2) is 55.9 Å². The summed E-state index contributed by atoms with van der Waals surface area (Å²) in [7, 11) is 0. The number of benzene rings is 2. The van der Waals surface area contributed by atoms with E-state index in [4.69, 9.17) is 9.84 Å². The van der Waals surface area contributed by atoms with Crippen LogP contribution in [0.2, 0.25) is 0 Å². The fraction of sp³-hybridized carbons (Fsp3) is 0.600. The Balaban J connectivity index is -0.000000245. The summed E-state index contributed by atoms with van der Waals surface area (Å²) in [5.74, 6) is 0.225. The van der Waals surface area contributed by atoms with Gasteiger partial charge in [-0.2, -0.15) is 0 Å². The lowest BCUT2D eigenvalue weighted by molar-refractivity contribution is -0.121. The van der Waals surface area contributed by atoms with Crippen LogP contribution >= 0.6 is 0 Å². The van der Waals surface area contributed by atoms with Gasteiger partial charge in [-0.15, -0.1) is 0 Å². The average Bonchev–Trinajstić information content (AvgIpc) is 3.09. The van der Waals surface area contributed by atoms with Crippen molar-refractivity contribution in [2.24, 2.45) is 0 Å². The van der Waals surface area contributed by atoms with Gasteiger partial charge in [0.15, 0.2) is 0 Å². The van der Waals surface area contributed by atoms with Crippen LogP contribution in [0.1, 0.15) is 117 Å². The van der Waals surface area contributed by atoms with Gasteiger partial charge in [-0.1, -0.05) is 120 Å². The molecule has 2 amide bonds. The van der Waals surface area contributed by atoms with Crippen LogP contribution in [0.3, 0.4) is 0 Å². The number of ether oxygens (including phenoxy) is 1. The summed E-state index contributed by atoms with van der Waals surface area (Å²) in [5.41, 5.74) is 5.14. The highest BCUT2D eigenvalue weighted by molar-refractivity contribution is 5.75. The molecule has 47 heavy (non-hydrogen) atoms. The Bertz CT molecular complexity index is 943. The zero-order valence-electron chi connectivity index (χ0n) is 32.3. The van der Waals surface area contributed by atoms with Gasteiger partial charge >= 0.3 is 0 Å². The molecular formula is C40H73N3O4. The third kappa shape index (κ3) is 43.0. The van der Waals surface area contributed by atoms with E-state index in [-0.39, 0.29) is 17.9 Å². The van der Waals surface area contributed by atoms with Gasteiger partial charge in [-0.25, -0.2) is 0 Å². The van der Waals surface area contributed by atoms with Crippen molar-refractivity contribution < 1.29 is 19.4 Å². The average molecular weight is 660 g/mol. The van der Waals surface area contributed by atoms with E-state index < -0.39 is 0 Å². The van der Waals surface area contributed by atoms with E-state index >= 15 is 0 Å². The minimum atomic E-state index is -0.269. The van der Waals surface area contributed by atoms with Crippen LogP contribution < -0.4 is 16.0 Å². The number of hydrogen-bond acceptors (Lipinski definition) is 5. The molecule has 7 nitrogen and oxygen atoms in total. The summed E-state index contributed by atoms with van der Waals surface area (Å²) < 4.78 is 4.94. The first kappa shape index (κ1) is 50.8. The van der Waals surface area contributed by atoms with E-state index in [1.165, 1.54) is 16.7 Å². The van der Waals surface area contributed by atoms with Crippen molar-refractivity contribution in [1.82, 2.24) is 16.0 Å². The van der Waals surface area contributed by atoms with Crippen molar-refractivity contribution in [2.75, 3.05) is 32.8 Å². The Hall–Kier alpha value is -3.00. The Labute approximate surface area is 290 Å². The molecule has 0 aliphatic heterocycles. The van der Waals surface area contributed by atoms with Gasteiger partial charge < -0.3 is 25.8 Å². The topological polar surface area (TPSA) is 99.7 Å². The molecule has 1 unspecified atom stereocenters. The molecule has 0 radical (unpaired) electrons. The van der Waals surface area contributed by atoms with Crippen LogP contribution in [0.15, 0.2) is 60.7 Å². The Morgan fingerprint density at radius 1 is 0.723 bits per heavy atom. The molecule has 2 aromatic carbocycles. The zero-order valence-corrected chi connectivity index (χ0v) is 32.3. The van der Waals surface area contributed by atoms with Gasteiger partial charge in [0.05, 0.1) is 12.7 Å². The van der Waals surface area contributed by atoms with Gasteiger partial charge in [0, 0.05) is 32.5 Å². The minimum absolute atomic E-state index is 0.0978. The zero-order chi connectivity index (χ0) is 36.7. The predicted octanol–water partition coefficient (Wildman–Crippen LogP) is 8.49. The van der Waals surface area contributed by atoms with Crippen molar-refractivity contribution in [1.29, 1.82) is 0 Å². The highest BCUT2D eigenvalue weighted by Gasteiger charge is 1.97. The highest BCUT2D eigenvalue weighted by atomic mass is 16.5. The fourth-order valence-electron chi connectivity index (χ4n) is 3.03. The van der Waals surface area contributed by atoms with E-state index in [1.54, 1.807) is 0 Å². The van der Waals surface area contributed by atoms with E-state index in [1.807, 2.05) is 65.8 Å². The smallest absolute Gasteiger partial charge is 0.219 e. The van der Waals surface area contributed by atoms with Gasteiger partial charge in [0.2, 0.25) is 11.8 Å². The lowest BCUT2D eigenvalue weighted by Crippen LogP contribution is -2.21. The van der Waals surface area contributed by atoms with E-state index in [2.05, 4.69) is 93.9 Å². The Morgan fingerprint density at radius 2 is 1.19 bits per heavy atom. The summed E-state index contributed by atoms with van der Waals surface area (Å²) in [6.07, 6.45) is 8.13. The standard InChI is InChI=1S/C11H15NO.C9H12.C6H14O2.C5H11NO.C5H10.C4H11N/c1-3-11(13)12-8-10-6-4-9(2)5-7-10;1-3-9-6-4-8(2)5-7-9;1-3-6(7)5-8-4-2;1-3-5(7)6-4-2;2*1-3-5-4-2/h4-7H,3,8H2,1-2H3,(H,12,13);4-7H,3H2,1-2H3;6-7H,3-5H2,1-2H3;3-4H2,1-2H3,(H,6,7);3,5H,4H2,1-2H3;5H,3-4H2,1-2H3. The van der Waals surface area contributed by atoms with Gasteiger partial charge in [-0.3, -0.25) is 9.59 Å². The van der Waals surface area contributed by atoms with E-state index in [0.29, 0.717) is 32.6 Å². The summed E-state index contributed by atoms with van der Waals surface area (Å²) in [6, 6.07) is 16.8. The predicted molar refractivity (Wildman–Crippen MR) is 205 cm³/mol. The molecule has 0 bridgehead atoms. The molecule has 0 aromatic heterocycles. The molecule has 1 atom stereocenters. The maximum absolute atomic E-state index is 10.9. The van der Waals surface area contributed by atoms with Crippen molar-refractivity contribution in [3.63, 3.8) is 0 Å². The first-order chi connectivity index (χ1) is 22.5. The number of carbonyl (C=O) groups excluding carboxylic acids is 2. The normalized spacial score (nSPS) is 10.1. The van der Waals surface area contributed by atoms with Gasteiger partial charge in [0.1, 0.15) is 0 Å². The first-order valence-corrected chi connectivity index (χ1v) is 17.7. The van der Waals surface area contributed by atoms with Crippen LogP contribution in [0.4, 0.5) is 0 Å². The second-order valence-corrected chi connectivity index (χ2v) is 10.4. The lowest BCUT2D eigenvalue weighted by Gasteiger charge is -2.05. The highest BCUT2D eigenvalue weighted by Crippen LogP contribution is 2.03. The number of amides is 2. The van der Waals surface area contributed by atoms with Crippen LogP contribution in [0, 0.1) is 13.8 Å². The molecule has 0 aliphatic carbocycles. The number of rotatable bonds is 13. The number of allylic oxidation sites excluding steroid dienone is 2. The Morgan fingerprint density at radius 3 is 1.47 bits per heavy atom. The molecular weight excluding hydrogens is 586 g/mol. The van der Waals surface area contributed by atoms with E-state index in [9.17, 15) is 9.59 Å². The van der Waals surface area contributed by atoms with Crippen molar-refractivity contribution in [3.8, 4) is 0 Å². The molecule has 0 spiro atoms. The molecule has 2 aromatic rings. The van der Waals surface area contributed by atoms with E-state index in [0.717, 1.165) is 44.5 Å². The summed E-state index contributed by atoms with van der Waals surface area (Å²) >= 11 is 0. The largest absolute Gasteiger partial charge is 0.391 e. The molecule has 0 fully saturated rings. The van der Waals surface area contributed by atoms with Crippen LogP contribution in [0.5, 0.6) is 0 Å². The maximum atomic E-state index is 10.9. The molecule has 0 aliphatic rings. The van der Waals surface area contributed by atoms with Crippen LogP contribution in [-0.2, 0) is 27.3 Å². The number of nitrogens with one attached hydrogen (secondary N) is 3. The first-order valence-electron chi connectivity index (χ1n) is 17.7. The summed E-state index contributed by atoms with van der Waals surface area (Å²) in [5, 5.41) is 17.5. The van der Waals surface area contributed by atoms with Crippen molar-refractivity contribution in [2.45, 2.75) is 128 Å². The molecule has 7 heteroatoms. The molecule has 2 rings (SSSR count). The summed E-state index contributed by atoms with van der Waals surface area (Å²) in [6.45, 7) is 28.9. The van der Waals surface area contributed by atoms with Crippen LogP contribution in [0.25, 0.3) is 0 Å². The number of carbonyl (C=O) groups is 2. The van der Waals surface area contributed by atoms with Crippen molar-refractivity contribution >= 4 is 11.8 Å². The third-order valence-electron chi connectivity index (χ3n) is 6.11. The molecule has 0 saturated carbocycles. The number of aliphatic hydroxyl groups excluding tert-OH is 1. The molecule has 272 valence electrons. The minimum Gasteiger partial charge on any atom is -0.391 e. The quantitative estimate of drug-likeness (QED) is 0.162. The lowest BCUT2D eigenvalue weighted by atomic mass is 10.1. The maximum Gasteiger partial charge on any atom is 0.219 e. The second-order valence-electron chi connectivity index (χ2n) is 10.4. The third-order valence-corrected chi connectivity index (χ3v) is 6.11. The number of hydrogen-bond donors (Lipinski definition) is 4. The second kappa shape index (κ2) is 41.0. The summed E-state index contributed by atoms with van der Waals surface area (Å²) in [4.78, 5) is 21.2. The Kier molecular flexibility index (Phi) is 44.4. The molecule has 4 N–H and O–H groups in total. The van der Waals surface area contributed by atoms with Crippen molar-refractivity contribution in [3.05, 3.63) is 82.9 Å². The van der Waals surface area contributed by atoms with Gasteiger partial charge in [-0.05, 0) is 78.1 Å². The number of aliphatic hydroxyl groups is 1. The molecule has 0 saturated heterocycles. The molecule has 0 heterocycles. The number of aryl methyl sites for hydroxylation is 3. The monoisotopic (exact) mass is 660 g/mol.